The normalized spacial score (nSPS) is 13.8. The van der Waals surface area contributed by atoms with Crippen LogP contribution in [-0.2, 0) is 10.0 Å². The zero-order valence-corrected chi connectivity index (χ0v) is 13.2. The van der Waals surface area contributed by atoms with Crippen LogP contribution in [-0.4, -0.2) is 21.0 Å². The Morgan fingerprint density at radius 2 is 1.89 bits per heavy atom. The van der Waals surface area contributed by atoms with E-state index in [1.165, 1.54) is 18.2 Å². The molecule has 0 aliphatic carbocycles. The molecule has 0 bridgehead atoms. The number of rotatable bonds is 6. The Balaban J connectivity index is 2.93. The van der Waals surface area contributed by atoms with Crippen molar-refractivity contribution in [3.05, 3.63) is 28.2 Å². The molecule has 1 atom stereocenters. The molecule has 0 amide bonds. The van der Waals surface area contributed by atoms with Gasteiger partial charge in [0, 0.05) is 12.6 Å². The summed E-state index contributed by atoms with van der Waals surface area (Å²) in [5.74, 6) is 0.352. The second-order valence-electron chi connectivity index (χ2n) is 4.76. The van der Waals surface area contributed by atoms with E-state index < -0.39 is 10.0 Å². The molecule has 1 aromatic rings. The topological polar surface area (TPSA) is 72.2 Å². The zero-order chi connectivity index (χ0) is 14.6. The van der Waals surface area contributed by atoms with Gasteiger partial charge in [0.15, 0.2) is 0 Å². The number of nitrogens with two attached hydrogens (primary N) is 1. The summed E-state index contributed by atoms with van der Waals surface area (Å²) < 4.78 is 26.9. The monoisotopic (exact) mass is 324 g/mol. The van der Waals surface area contributed by atoms with Crippen molar-refractivity contribution in [2.24, 2.45) is 11.7 Å². The number of hydrogen-bond acceptors (Lipinski definition) is 3. The van der Waals surface area contributed by atoms with E-state index in [4.69, 9.17) is 28.9 Å². The molecular formula is C12H18Cl2N2O2S. The third-order valence-electron chi connectivity index (χ3n) is 2.56. The fourth-order valence-corrected chi connectivity index (χ4v) is 3.34. The summed E-state index contributed by atoms with van der Waals surface area (Å²) in [7, 11) is -3.63. The minimum Gasteiger partial charge on any atom is -0.329 e. The summed E-state index contributed by atoms with van der Waals surface area (Å²) in [6.45, 7) is 4.27. The molecular weight excluding hydrogens is 307 g/mol. The number of nitrogens with one attached hydrogen (secondary N) is 1. The van der Waals surface area contributed by atoms with Gasteiger partial charge in [-0.3, -0.25) is 0 Å². The lowest BCUT2D eigenvalue weighted by Gasteiger charge is -2.19. The molecule has 0 aliphatic heterocycles. The van der Waals surface area contributed by atoms with Crippen LogP contribution in [0.5, 0.6) is 0 Å². The summed E-state index contributed by atoms with van der Waals surface area (Å²) >= 11 is 11.6. The molecule has 7 heteroatoms. The SMILES string of the molecule is CC(C)CC(CN)NS(=O)(=O)c1ccc(Cl)c(Cl)c1. The lowest BCUT2D eigenvalue weighted by Crippen LogP contribution is -2.40. The maximum absolute atomic E-state index is 12.2. The first-order valence-corrected chi connectivity index (χ1v) is 8.17. The van der Waals surface area contributed by atoms with E-state index in [1.54, 1.807) is 0 Å². The maximum atomic E-state index is 12.2. The molecule has 19 heavy (non-hydrogen) atoms. The van der Waals surface area contributed by atoms with Gasteiger partial charge in [-0.25, -0.2) is 13.1 Å². The lowest BCUT2D eigenvalue weighted by molar-refractivity contribution is 0.465. The van der Waals surface area contributed by atoms with Gasteiger partial charge in [0.2, 0.25) is 10.0 Å². The van der Waals surface area contributed by atoms with Crippen LogP contribution < -0.4 is 10.5 Å². The van der Waals surface area contributed by atoms with Gasteiger partial charge in [-0.05, 0) is 30.5 Å². The molecule has 1 unspecified atom stereocenters. The molecule has 0 saturated carbocycles. The third kappa shape index (κ3) is 4.93. The van der Waals surface area contributed by atoms with Gasteiger partial charge < -0.3 is 5.73 Å². The van der Waals surface area contributed by atoms with Gasteiger partial charge in [-0.15, -0.1) is 0 Å². The van der Waals surface area contributed by atoms with Crippen LogP contribution in [0.25, 0.3) is 0 Å². The highest BCUT2D eigenvalue weighted by Crippen LogP contribution is 2.25. The Morgan fingerprint density at radius 3 is 2.37 bits per heavy atom. The molecule has 0 radical (unpaired) electrons. The Hall–Kier alpha value is -0.330. The lowest BCUT2D eigenvalue weighted by atomic mass is 10.1. The van der Waals surface area contributed by atoms with E-state index in [9.17, 15) is 8.42 Å². The predicted molar refractivity (Wildman–Crippen MR) is 79.1 cm³/mol. The van der Waals surface area contributed by atoms with Crippen molar-refractivity contribution in [2.45, 2.75) is 31.2 Å². The Morgan fingerprint density at radius 1 is 1.26 bits per heavy atom. The largest absolute Gasteiger partial charge is 0.329 e. The van der Waals surface area contributed by atoms with Gasteiger partial charge in [-0.2, -0.15) is 0 Å². The van der Waals surface area contributed by atoms with Crippen LogP contribution >= 0.6 is 23.2 Å². The van der Waals surface area contributed by atoms with Crippen molar-refractivity contribution < 1.29 is 8.42 Å². The molecule has 0 aliphatic rings. The predicted octanol–water partition coefficient (Wildman–Crippen LogP) is 2.65. The van der Waals surface area contributed by atoms with Crippen molar-refractivity contribution in [1.29, 1.82) is 0 Å². The van der Waals surface area contributed by atoms with Gasteiger partial charge >= 0.3 is 0 Å². The Kier molecular flexibility index (Phi) is 6.08. The molecule has 1 aromatic carbocycles. The second-order valence-corrected chi connectivity index (χ2v) is 7.29. The van der Waals surface area contributed by atoms with Crippen molar-refractivity contribution in [3.8, 4) is 0 Å². The molecule has 0 heterocycles. The van der Waals surface area contributed by atoms with Gasteiger partial charge in [-0.1, -0.05) is 37.0 Å². The van der Waals surface area contributed by atoms with E-state index in [0.29, 0.717) is 17.4 Å². The summed E-state index contributed by atoms with van der Waals surface area (Å²) in [5.41, 5.74) is 5.59. The highest BCUT2D eigenvalue weighted by molar-refractivity contribution is 7.89. The van der Waals surface area contributed by atoms with E-state index in [0.717, 1.165) is 0 Å². The van der Waals surface area contributed by atoms with Crippen LogP contribution in [0.15, 0.2) is 23.1 Å². The van der Waals surface area contributed by atoms with Crippen molar-refractivity contribution in [2.75, 3.05) is 6.54 Å². The quantitative estimate of drug-likeness (QED) is 0.844. The Bertz CT molecular complexity index is 533. The fraction of sp³-hybridized carbons (Fsp3) is 0.500. The average molecular weight is 325 g/mol. The van der Waals surface area contributed by atoms with E-state index in [-0.39, 0.29) is 22.5 Å². The third-order valence-corrected chi connectivity index (χ3v) is 4.82. The fourth-order valence-electron chi connectivity index (χ4n) is 1.69. The molecule has 1 rings (SSSR count). The smallest absolute Gasteiger partial charge is 0.240 e. The van der Waals surface area contributed by atoms with Crippen LogP contribution in [0.3, 0.4) is 0 Å². The van der Waals surface area contributed by atoms with Crippen molar-refractivity contribution in [3.63, 3.8) is 0 Å². The highest BCUT2D eigenvalue weighted by atomic mass is 35.5. The minimum absolute atomic E-state index is 0.0871. The summed E-state index contributed by atoms with van der Waals surface area (Å²) in [6, 6.07) is 3.91. The van der Waals surface area contributed by atoms with Crippen molar-refractivity contribution in [1.82, 2.24) is 4.72 Å². The molecule has 0 spiro atoms. The van der Waals surface area contributed by atoms with Gasteiger partial charge in [0.05, 0.1) is 14.9 Å². The van der Waals surface area contributed by atoms with Crippen LogP contribution in [0.4, 0.5) is 0 Å². The standard InChI is InChI=1S/C12H18Cl2N2O2S/c1-8(2)5-9(7-15)16-19(17,18)10-3-4-11(13)12(14)6-10/h3-4,6,8-9,16H,5,7,15H2,1-2H3. The molecule has 0 aromatic heterocycles. The van der Waals surface area contributed by atoms with Crippen molar-refractivity contribution >= 4 is 33.2 Å². The zero-order valence-electron chi connectivity index (χ0n) is 10.9. The average Bonchev–Trinajstić information content (AvgIpc) is 2.30. The number of halogens is 2. The number of hydrogen-bond donors (Lipinski definition) is 2. The van der Waals surface area contributed by atoms with Gasteiger partial charge in [0.25, 0.3) is 0 Å². The Labute approximate surface area is 124 Å². The van der Waals surface area contributed by atoms with Gasteiger partial charge in [0.1, 0.15) is 0 Å². The van der Waals surface area contributed by atoms with Crippen LogP contribution in [0.2, 0.25) is 10.0 Å². The molecule has 3 N–H and O–H groups in total. The highest BCUT2D eigenvalue weighted by Gasteiger charge is 2.20. The molecule has 108 valence electrons. The minimum atomic E-state index is -3.63. The molecule has 0 saturated heterocycles. The summed E-state index contributed by atoms with van der Waals surface area (Å²) in [5, 5.41) is 0.524. The number of sulfonamides is 1. The van der Waals surface area contributed by atoms with Crippen LogP contribution in [0, 0.1) is 5.92 Å². The van der Waals surface area contributed by atoms with E-state index in [1.807, 2.05) is 13.8 Å². The maximum Gasteiger partial charge on any atom is 0.240 e. The van der Waals surface area contributed by atoms with Crippen LogP contribution in [0.1, 0.15) is 20.3 Å². The summed E-state index contributed by atoms with van der Waals surface area (Å²) in [6.07, 6.45) is 0.678. The second kappa shape index (κ2) is 6.90. The molecule has 0 fully saturated rings. The molecule has 4 nitrogen and oxygen atoms in total. The van der Waals surface area contributed by atoms with E-state index in [2.05, 4.69) is 4.72 Å². The number of benzene rings is 1. The first-order chi connectivity index (χ1) is 8.76. The first-order valence-electron chi connectivity index (χ1n) is 5.93. The summed E-state index contributed by atoms with van der Waals surface area (Å²) in [4.78, 5) is 0.0871. The first kappa shape index (κ1) is 16.7. The van der Waals surface area contributed by atoms with E-state index >= 15 is 0 Å².